The Morgan fingerprint density at radius 2 is 2.00 bits per heavy atom. The SMILES string of the molecule is COC(=O)C(C)(C)CC(N)c1ccc2c(c1)OCCCO2. The molecule has 0 fully saturated rings. The molecule has 1 aromatic rings. The van der Waals surface area contributed by atoms with E-state index < -0.39 is 5.41 Å². The largest absolute Gasteiger partial charge is 0.490 e. The van der Waals surface area contributed by atoms with Crippen molar-refractivity contribution in [1.29, 1.82) is 0 Å². The Hall–Kier alpha value is -1.75. The molecule has 0 saturated carbocycles. The van der Waals surface area contributed by atoms with Crippen LogP contribution in [0.15, 0.2) is 18.2 Å². The molecule has 116 valence electrons. The van der Waals surface area contributed by atoms with Gasteiger partial charge in [0, 0.05) is 12.5 Å². The first-order chi connectivity index (χ1) is 9.94. The quantitative estimate of drug-likeness (QED) is 0.863. The van der Waals surface area contributed by atoms with Gasteiger partial charge in [0.25, 0.3) is 0 Å². The molecule has 0 spiro atoms. The lowest BCUT2D eigenvalue weighted by Gasteiger charge is -2.25. The minimum absolute atomic E-state index is 0.257. The summed E-state index contributed by atoms with van der Waals surface area (Å²) in [5.41, 5.74) is 6.54. The zero-order chi connectivity index (χ0) is 15.5. The predicted molar refractivity (Wildman–Crippen MR) is 79.4 cm³/mol. The predicted octanol–water partition coefficient (Wildman–Crippen LogP) is 2.44. The van der Waals surface area contributed by atoms with Gasteiger partial charge in [0.05, 0.1) is 25.7 Å². The van der Waals surface area contributed by atoms with Crippen molar-refractivity contribution in [3.8, 4) is 11.5 Å². The van der Waals surface area contributed by atoms with Crippen LogP contribution in [0.5, 0.6) is 11.5 Å². The average molecular weight is 293 g/mol. The zero-order valence-electron chi connectivity index (χ0n) is 12.8. The molecule has 0 amide bonds. The van der Waals surface area contributed by atoms with Crippen molar-refractivity contribution < 1.29 is 19.0 Å². The van der Waals surface area contributed by atoms with Crippen molar-refractivity contribution >= 4 is 5.97 Å². The Labute approximate surface area is 125 Å². The Morgan fingerprint density at radius 3 is 2.67 bits per heavy atom. The number of methoxy groups -OCH3 is 1. The number of ether oxygens (including phenoxy) is 3. The highest BCUT2D eigenvalue weighted by Gasteiger charge is 2.31. The molecule has 0 aliphatic carbocycles. The fraction of sp³-hybridized carbons (Fsp3) is 0.562. The van der Waals surface area contributed by atoms with Gasteiger partial charge in [-0.2, -0.15) is 0 Å². The molecule has 21 heavy (non-hydrogen) atoms. The van der Waals surface area contributed by atoms with Crippen LogP contribution in [0, 0.1) is 5.41 Å². The smallest absolute Gasteiger partial charge is 0.311 e. The number of hydrogen-bond donors (Lipinski definition) is 1. The first-order valence-electron chi connectivity index (χ1n) is 7.17. The Kier molecular flexibility index (Phi) is 4.73. The van der Waals surface area contributed by atoms with E-state index in [0.717, 1.165) is 23.5 Å². The van der Waals surface area contributed by atoms with Crippen LogP contribution in [0.1, 0.15) is 38.3 Å². The molecule has 1 aliphatic rings. The van der Waals surface area contributed by atoms with Crippen LogP contribution in [0.4, 0.5) is 0 Å². The summed E-state index contributed by atoms with van der Waals surface area (Å²) in [5.74, 6) is 1.21. The highest BCUT2D eigenvalue weighted by Crippen LogP contribution is 2.35. The van der Waals surface area contributed by atoms with E-state index in [4.69, 9.17) is 19.9 Å². The van der Waals surface area contributed by atoms with Crippen molar-refractivity contribution in [1.82, 2.24) is 0 Å². The normalized spacial score (nSPS) is 16.0. The van der Waals surface area contributed by atoms with E-state index in [1.54, 1.807) is 0 Å². The fourth-order valence-corrected chi connectivity index (χ4v) is 2.44. The molecule has 1 aromatic carbocycles. The number of nitrogens with two attached hydrogens (primary N) is 1. The average Bonchev–Trinajstić information content (AvgIpc) is 2.70. The molecule has 1 atom stereocenters. The van der Waals surface area contributed by atoms with Gasteiger partial charge in [0.2, 0.25) is 0 Å². The van der Waals surface area contributed by atoms with Crippen LogP contribution in [0.2, 0.25) is 0 Å². The number of carbonyl (C=O) groups is 1. The van der Waals surface area contributed by atoms with Gasteiger partial charge < -0.3 is 19.9 Å². The Morgan fingerprint density at radius 1 is 1.33 bits per heavy atom. The molecular formula is C16H23NO4. The molecule has 1 heterocycles. The van der Waals surface area contributed by atoms with Crippen LogP contribution in [0.25, 0.3) is 0 Å². The minimum atomic E-state index is -0.627. The number of carbonyl (C=O) groups excluding carboxylic acids is 1. The van der Waals surface area contributed by atoms with Crippen molar-refractivity contribution in [2.24, 2.45) is 11.1 Å². The van der Waals surface area contributed by atoms with Gasteiger partial charge in [-0.1, -0.05) is 6.07 Å². The maximum atomic E-state index is 11.8. The highest BCUT2D eigenvalue weighted by molar-refractivity contribution is 5.75. The number of hydrogen-bond acceptors (Lipinski definition) is 5. The Bertz CT molecular complexity index is 513. The van der Waals surface area contributed by atoms with Crippen LogP contribution < -0.4 is 15.2 Å². The van der Waals surface area contributed by atoms with Crippen LogP contribution in [-0.2, 0) is 9.53 Å². The molecule has 1 unspecified atom stereocenters. The maximum Gasteiger partial charge on any atom is 0.311 e. The molecule has 1 aliphatic heterocycles. The summed E-state index contributed by atoms with van der Waals surface area (Å²) < 4.78 is 16.1. The molecular weight excluding hydrogens is 270 g/mol. The van der Waals surface area contributed by atoms with Crippen molar-refractivity contribution in [3.05, 3.63) is 23.8 Å². The Balaban J connectivity index is 2.14. The van der Waals surface area contributed by atoms with E-state index in [9.17, 15) is 4.79 Å². The number of esters is 1. The van der Waals surface area contributed by atoms with E-state index in [1.807, 2.05) is 32.0 Å². The second-order valence-corrected chi connectivity index (χ2v) is 5.94. The molecule has 0 bridgehead atoms. The molecule has 2 N–H and O–H groups in total. The fourth-order valence-electron chi connectivity index (χ4n) is 2.44. The summed E-state index contributed by atoms with van der Waals surface area (Å²) in [6.45, 7) is 4.97. The molecule has 5 heteroatoms. The van der Waals surface area contributed by atoms with Crippen LogP contribution >= 0.6 is 0 Å². The maximum absolute atomic E-state index is 11.8. The summed E-state index contributed by atoms with van der Waals surface area (Å²) >= 11 is 0. The lowest BCUT2D eigenvalue weighted by atomic mass is 9.84. The van der Waals surface area contributed by atoms with Crippen molar-refractivity contribution in [2.45, 2.75) is 32.7 Å². The molecule has 0 saturated heterocycles. The molecule has 0 radical (unpaired) electrons. The molecule has 0 aromatic heterocycles. The number of rotatable bonds is 4. The highest BCUT2D eigenvalue weighted by atomic mass is 16.5. The number of fused-ring (bicyclic) bond motifs is 1. The lowest BCUT2D eigenvalue weighted by Crippen LogP contribution is -2.30. The van der Waals surface area contributed by atoms with Crippen molar-refractivity contribution in [3.63, 3.8) is 0 Å². The van der Waals surface area contributed by atoms with Gasteiger partial charge in [0.15, 0.2) is 11.5 Å². The third-order valence-electron chi connectivity index (χ3n) is 3.67. The monoisotopic (exact) mass is 293 g/mol. The van der Waals surface area contributed by atoms with Gasteiger partial charge in [-0.3, -0.25) is 4.79 Å². The van der Waals surface area contributed by atoms with Gasteiger partial charge in [-0.15, -0.1) is 0 Å². The summed E-state index contributed by atoms with van der Waals surface area (Å²) in [5, 5.41) is 0. The summed E-state index contributed by atoms with van der Waals surface area (Å²) in [7, 11) is 1.39. The summed E-state index contributed by atoms with van der Waals surface area (Å²) in [6, 6.07) is 5.43. The van der Waals surface area contributed by atoms with Gasteiger partial charge in [0.1, 0.15) is 0 Å². The van der Waals surface area contributed by atoms with E-state index in [0.29, 0.717) is 19.6 Å². The van der Waals surface area contributed by atoms with Gasteiger partial charge >= 0.3 is 5.97 Å². The minimum Gasteiger partial charge on any atom is -0.490 e. The third-order valence-corrected chi connectivity index (χ3v) is 3.67. The topological polar surface area (TPSA) is 70.8 Å². The number of benzene rings is 1. The van der Waals surface area contributed by atoms with E-state index in [2.05, 4.69) is 0 Å². The second-order valence-electron chi connectivity index (χ2n) is 5.94. The molecule has 5 nitrogen and oxygen atoms in total. The first kappa shape index (κ1) is 15.6. The van der Waals surface area contributed by atoms with E-state index in [-0.39, 0.29) is 12.0 Å². The lowest BCUT2D eigenvalue weighted by molar-refractivity contribution is -0.151. The third kappa shape index (κ3) is 3.67. The van der Waals surface area contributed by atoms with E-state index >= 15 is 0 Å². The zero-order valence-corrected chi connectivity index (χ0v) is 12.8. The van der Waals surface area contributed by atoms with Crippen LogP contribution in [-0.4, -0.2) is 26.3 Å². The second kappa shape index (κ2) is 6.35. The summed E-state index contributed by atoms with van der Waals surface area (Å²) in [6.07, 6.45) is 1.37. The van der Waals surface area contributed by atoms with Crippen LogP contribution in [0.3, 0.4) is 0 Å². The summed E-state index contributed by atoms with van der Waals surface area (Å²) in [4.78, 5) is 11.8. The van der Waals surface area contributed by atoms with E-state index in [1.165, 1.54) is 7.11 Å². The van der Waals surface area contributed by atoms with Gasteiger partial charge in [-0.05, 0) is 38.0 Å². The standard InChI is InChI=1S/C16H23NO4/c1-16(2,15(18)19-3)10-12(17)11-5-6-13-14(9-11)21-8-4-7-20-13/h5-6,9,12H,4,7-8,10,17H2,1-3H3. The first-order valence-corrected chi connectivity index (χ1v) is 7.17. The van der Waals surface area contributed by atoms with Gasteiger partial charge in [-0.25, -0.2) is 0 Å². The molecule has 2 rings (SSSR count). The van der Waals surface area contributed by atoms with Crippen molar-refractivity contribution in [2.75, 3.05) is 20.3 Å².